The highest BCUT2D eigenvalue weighted by Gasteiger charge is 1.92. The molecule has 0 saturated carbocycles. The Bertz CT molecular complexity index is 234. The predicted octanol–water partition coefficient (Wildman–Crippen LogP) is 2.14. The molecule has 0 aliphatic rings. The number of rotatable bonds is 1. The van der Waals surface area contributed by atoms with E-state index >= 15 is 0 Å². The molecule has 0 N–H and O–H groups in total. The van der Waals surface area contributed by atoms with E-state index in [0.717, 1.165) is 5.56 Å². The van der Waals surface area contributed by atoms with E-state index in [1.807, 2.05) is 30.3 Å². The Morgan fingerprint density at radius 1 is 1.18 bits per heavy atom. The Balaban J connectivity index is 0.000000461. The molecule has 0 aliphatic carbocycles. The van der Waals surface area contributed by atoms with Crippen molar-refractivity contribution in [1.82, 2.24) is 0 Å². The zero-order chi connectivity index (χ0) is 8.69. The number of carbonyl (C=O) groups is 1. The van der Waals surface area contributed by atoms with Gasteiger partial charge in [0, 0.05) is 5.56 Å². The van der Waals surface area contributed by atoms with Gasteiger partial charge in [0.05, 0.1) is 0 Å². The predicted molar refractivity (Wildman–Crippen MR) is 46.3 cm³/mol. The highest BCUT2D eigenvalue weighted by atomic mass is 16.1. The zero-order valence-electron chi connectivity index (χ0n) is 6.45. The fourth-order valence-corrected chi connectivity index (χ4v) is 0.673. The van der Waals surface area contributed by atoms with Crippen LogP contribution >= 0.6 is 0 Å². The van der Waals surface area contributed by atoms with E-state index in [9.17, 15) is 4.79 Å². The number of hydrogen-bond acceptors (Lipinski definition) is 1. The van der Waals surface area contributed by atoms with Gasteiger partial charge in [-0.25, -0.2) is 0 Å². The van der Waals surface area contributed by atoms with Gasteiger partial charge in [0.15, 0.2) is 5.78 Å². The Labute approximate surface area is 67.1 Å². The second kappa shape index (κ2) is 5.25. The molecule has 0 bridgehead atoms. The summed E-state index contributed by atoms with van der Waals surface area (Å²) in [4.78, 5) is 10.6. The molecule has 0 saturated heterocycles. The summed E-state index contributed by atoms with van der Waals surface area (Å²) in [6, 6.07) is 9.23. The minimum absolute atomic E-state index is 0.121. The molecule has 0 amide bonds. The van der Waals surface area contributed by atoms with E-state index in [1.54, 1.807) is 6.92 Å². The Kier molecular flexibility index (Phi) is 4.51. The van der Waals surface area contributed by atoms with Crippen LogP contribution in [-0.2, 0) is 0 Å². The zero-order valence-corrected chi connectivity index (χ0v) is 6.45. The Hall–Kier alpha value is -1.55. The topological polar surface area (TPSA) is 17.1 Å². The summed E-state index contributed by atoms with van der Waals surface area (Å²) in [5.74, 6) is 0.121. The first kappa shape index (κ1) is 9.45. The van der Waals surface area contributed by atoms with Gasteiger partial charge >= 0.3 is 0 Å². The van der Waals surface area contributed by atoms with Crippen LogP contribution in [0.3, 0.4) is 0 Å². The van der Waals surface area contributed by atoms with Gasteiger partial charge in [0.25, 0.3) is 0 Å². The van der Waals surface area contributed by atoms with Gasteiger partial charge in [-0.1, -0.05) is 30.3 Å². The average Bonchev–Trinajstić information content (AvgIpc) is 2.10. The second-order valence-corrected chi connectivity index (χ2v) is 1.92. The van der Waals surface area contributed by atoms with Crippen molar-refractivity contribution >= 4 is 5.78 Å². The van der Waals surface area contributed by atoms with Crippen molar-refractivity contribution in [3.8, 4) is 12.8 Å². The highest BCUT2D eigenvalue weighted by molar-refractivity contribution is 5.93. The van der Waals surface area contributed by atoms with Crippen molar-refractivity contribution in [2.24, 2.45) is 0 Å². The third-order valence-corrected chi connectivity index (χ3v) is 1.18. The van der Waals surface area contributed by atoms with Crippen molar-refractivity contribution in [2.75, 3.05) is 0 Å². The van der Waals surface area contributed by atoms with E-state index in [-0.39, 0.29) is 5.78 Å². The van der Waals surface area contributed by atoms with Gasteiger partial charge in [0.1, 0.15) is 0 Å². The van der Waals surface area contributed by atoms with E-state index in [0.29, 0.717) is 0 Å². The molecule has 56 valence electrons. The lowest BCUT2D eigenvalue weighted by Gasteiger charge is -1.89. The largest absolute Gasteiger partial charge is 0.295 e. The molecule has 0 spiro atoms. The number of terminal acetylenes is 1. The standard InChI is InChI=1S/C8H8O.C2H2/c1-7(9)8-5-3-2-4-6-8;1-2/h2-6H,1H3;1-2H. The van der Waals surface area contributed by atoms with Crippen LogP contribution in [0.4, 0.5) is 0 Å². The van der Waals surface area contributed by atoms with Gasteiger partial charge in [-0.3, -0.25) is 4.79 Å². The van der Waals surface area contributed by atoms with Gasteiger partial charge in [-0.15, -0.1) is 12.8 Å². The molecular formula is C10H10O. The third-order valence-electron chi connectivity index (χ3n) is 1.18. The van der Waals surface area contributed by atoms with Crippen LogP contribution in [0.5, 0.6) is 0 Å². The van der Waals surface area contributed by atoms with Gasteiger partial charge < -0.3 is 0 Å². The minimum atomic E-state index is 0.121. The molecule has 1 aromatic rings. The van der Waals surface area contributed by atoms with Crippen LogP contribution in [0.15, 0.2) is 30.3 Å². The summed E-state index contributed by atoms with van der Waals surface area (Å²) < 4.78 is 0. The molecule has 0 heterocycles. The van der Waals surface area contributed by atoms with Crippen LogP contribution in [0.2, 0.25) is 0 Å². The maximum Gasteiger partial charge on any atom is 0.159 e. The fraction of sp³-hybridized carbons (Fsp3) is 0.100. The number of Topliss-reactive ketones (excluding diaryl/α,β-unsaturated/α-hetero) is 1. The van der Waals surface area contributed by atoms with Crippen molar-refractivity contribution in [2.45, 2.75) is 6.92 Å². The van der Waals surface area contributed by atoms with Crippen molar-refractivity contribution in [3.05, 3.63) is 35.9 Å². The second-order valence-electron chi connectivity index (χ2n) is 1.92. The summed E-state index contributed by atoms with van der Waals surface area (Å²) in [5.41, 5.74) is 0.775. The molecule has 0 atom stereocenters. The molecule has 0 aromatic heterocycles. The van der Waals surface area contributed by atoms with Crippen molar-refractivity contribution in [1.29, 1.82) is 0 Å². The number of hydrogen-bond donors (Lipinski definition) is 0. The van der Waals surface area contributed by atoms with E-state index in [4.69, 9.17) is 0 Å². The first-order valence-corrected chi connectivity index (χ1v) is 3.20. The Morgan fingerprint density at radius 2 is 1.64 bits per heavy atom. The molecular weight excluding hydrogens is 136 g/mol. The van der Waals surface area contributed by atoms with Crippen LogP contribution in [0, 0.1) is 12.8 Å². The summed E-state index contributed by atoms with van der Waals surface area (Å²) in [7, 11) is 0. The molecule has 1 aromatic carbocycles. The van der Waals surface area contributed by atoms with Crippen molar-refractivity contribution in [3.63, 3.8) is 0 Å². The van der Waals surface area contributed by atoms with Gasteiger partial charge in [-0.2, -0.15) is 0 Å². The highest BCUT2D eigenvalue weighted by Crippen LogP contribution is 1.97. The summed E-state index contributed by atoms with van der Waals surface area (Å²) in [6.45, 7) is 1.56. The molecule has 1 rings (SSSR count). The number of benzene rings is 1. The smallest absolute Gasteiger partial charge is 0.159 e. The third kappa shape index (κ3) is 3.22. The fourth-order valence-electron chi connectivity index (χ4n) is 0.673. The lowest BCUT2D eigenvalue weighted by atomic mass is 10.2. The minimum Gasteiger partial charge on any atom is -0.295 e. The molecule has 11 heavy (non-hydrogen) atoms. The van der Waals surface area contributed by atoms with Gasteiger partial charge in [-0.05, 0) is 6.92 Å². The molecule has 1 heteroatoms. The summed E-state index contributed by atoms with van der Waals surface area (Å²) in [5, 5.41) is 0. The number of carbonyl (C=O) groups excluding carboxylic acids is 1. The molecule has 0 radical (unpaired) electrons. The van der Waals surface area contributed by atoms with Crippen LogP contribution < -0.4 is 0 Å². The molecule has 1 nitrogen and oxygen atoms in total. The van der Waals surface area contributed by atoms with E-state index in [1.165, 1.54) is 0 Å². The first-order valence-electron chi connectivity index (χ1n) is 3.20. The normalized spacial score (nSPS) is 7.55. The van der Waals surface area contributed by atoms with Crippen LogP contribution in [-0.4, -0.2) is 5.78 Å². The quantitative estimate of drug-likeness (QED) is 0.438. The first-order chi connectivity index (χ1) is 5.30. The summed E-state index contributed by atoms with van der Waals surface area (Å²) in [6.07, 6.45) is 8.00. The van der Waals surface area contributed by atoms with Crippen LogP contribution in [0.25, 0.3) is 0 Å². The van der Waals surface area contributed by atoms with Gasteiger partial charge in [0.2, 0.25) is 0 Å². The van der Waals surface area contributed by atoms with Crippen molar-refractivity contribution < 1.29 is 4.79 Å². The average molecular weight is 146 g/mol. The van der Waals surface area contributed by atoms with E-state index < -0.39 is 0 Å². The monoisotopic (exact) mass is 146 g/mol. The van der Waals surface area contributed by atoms with Crippen LogP contribution in [0.1, 0.15) is 17.3 Å². The maximum atomic E-state index is 10.6. The van der Waals surface area contributed by atoms with E-state index in [2.05, 4.69) is 12.8 Å². The lowest BCUT2D eigenvalue weighted by molar-refractivity contribution is 0.101. The SMILES string of the molecule is C#C.CC(=O)c1ccccc1. The maximum absolute atomic E-state index is 10.6. The number of ketones is 1. The molecule has 0 unspecified atom stereocenters. The lowest BCUT2D eigenvalue weighted by Crippen LogP contribution is -1.88. The molecule has 0 fully saturated rings. The Morgan fingerprint density at radius 3 is 1.91 bits per heavy atom. The summed E-state index contributed by atoms with van der Waals surface area (Å²) >= 11 is 0. The molecule has 0 aliphatic heterocycles.